The summed E-state index contributed by atoms with van der Waals surface area (Å²) in [4.78, 5) is 28.2. The number of rotatable bonds is 6. The highest BCUT2D eigenvalue weighted by molar-refractivity contribution is 7.90. The summed E-state index contributed by atoms with van der Waals surface area (Å²) in [5.74, 6) is -1.46. The predicted octanol–water partition coefficient (Wildman–Crippen LogP) is 4.33. The number of hydrogen-bond acceptors (Lipinski definition) is 4. The van der Waals surface area contributed by atoms with Crippen molar-refractivity contribution in [1.29, 1.82) is 0 Å². The molecular weight excluding hydrogens is 450 g/mol. The van der Waals surface area contributed by atoms with Crippen LogP contribution in [0.1, 0.15) is 15.9 Å². The molecule has 0 aliphatic carbocycles. The largest absolute Gasteiger partial charge is 0.360 e. The van der Waals surface area contributed by atoms with Crippen molar-refractivity contribution in [3.63, 3.8) is 0 Å². The molecule has 5 rings (SSSR count). The maximum atomic E-state index is 13.2. The van der Waals surface area contributed by atoms with E-state index in [4.69, 9.17) is 0 Å². The number of benzene rings is 3. The van der Waals surface area contributed by atoms with Crippen molar-refractivity contribution in [2.75, 3.05) is 0 Å². The Hall–Kier alpha value is -4.43. The van der Waals surface area contributed by atoms with Gasteiger partial charge in [-0.05, 0) is 30.3 Å². The number of para-hydroxylation sites is 2. The van der Waals surface area contributed by atoms with Crippen molar-refractivity contribution in [3.05, 3.63) is 109 Å². The Morgan fingerprint density at radius 3 is 2.32 bits per heavy atom. The number of nitrogens with one attached hydrogen (secondary N) is 2. The average Bonchev–Trinajstić information content (AvgIpc) is 3.46. The van der Waals surface area contributed by atoms with E-state index in [-0.39, 0.29) is 10.5 Å². The normalized spacial score (nSPS) is 11.9. The molecule has 2 heterocycles. The second-order valence-electron chi connectivity index (χ2n) is 7.60. The highest BCUT2D eigenvalue weighted by atomic mass is 32.2. The van der Waals surface area contributed by atoms with E-state index in [2.05, 4.69) is 10.3 Å². The van der Waals surface area contributed by atoms with Gasteiger partial charge in [0.25, 0.3) is 21.7 Å². The lowest BCUT2D eigenvalue weighted by molar-refractivity contribution is -0.116. The molecule has 34 heavy (non-hydrogen) atoms. The van der Waals surface area contributed by atoms with Crippen molar-refractivity contribution in [3.8, 4) is 0 Å². The zero-order valence-corrected chi connectivity index (χ0v) is 18.6. The van der Waals surface area contributed by atoms with Gasteiger partial charge in [-0.3, -0.25) is 9.59 Å². The predicted molar refractivity (Wildman–Crippen MR) is 131 cm³/mol. The van der Waals surface area contributed by atoms with Crippen LogP contribution < -0.4 is 5.32 Å². The van der Waals surface area contributed by atoms with E-state index < -0.39 is 21.7 Å². The van der Waals surface area contributed by atoms with Crippen LogP contribution in [-0.2, 0) is 14.8 Å². The van der Waals surface area contributed by atoms with Crippen molar-refractivity contribution in [2.24, 2.45) is 0 Å². The molecule has 0 unspecified atom stereocenters. The number of H-pyrrole nitrogens is 1. The van der Waals surface area contributed by atoms with Crippen LogP contribution in [0.4, 0.5) is 0 Å². The van der Waals surface area contributed by atoms with Crippen LogP contribution in [0, 0.1) is 0 Å². The van der Waals surface area contributed by atoms with E-state index in [9.17, 15) is 18.0 Å². The summed E-state index contributed by atoms with van der Waals surface area (Å²) in [5.41, 5.74) is 2.14. The van der Waals surface area contributed by atoms with Gasteiger partial charge in [0.15, 0.2) is 0 Å². The number of carbonyl (C=O) groups excluding carboxylic acids is 2. The van der Waals surface area contributed by atoms with E-state index in [0.717, 1.165) is 5.52 Å². The van der Waals surface area contributed by atoms with Gasteiger partial charge in [-0.25, -0.2) is 12.4 Å². The monoisotopic (exact) mass is 469 g/mol. The number of ketones is 1. The zero-order chi connectivity index (χ0) is 23.7. The fourth-order valence-corrected chi connectivity index (χ4v) is 5.27. The molecule has 0 atom stereocenters. The Morgan fingerprint density at radius 2 is 1.53 bits per heavy atom. The van der Waals surface area contributed by atoms with Crippen LogP contribution in [0.3, 0.4) is 0 Å². The quantitative estimate of drug-likeness (QED) is 0.286. The lowest BCUT2D eigenvalue weighted by Gasteiger charge is -2.07. The Labute approximate surface area is 195 Å². The Balaban J connectivity index is 1.43. The van der Waals surface area contributed by atoms with Gasteiger partial charge in [0.2, 0.25) is 0 Å². The highest BCUT2D eigenvalue weighted by Gasteiger charge is 2.21. The number of Topliss-reactive ketones (excluding diaryl/α,β-unsaturated/α-hetero) is 1. The number of fused-ring (bicyclic) bond motifs is 2. The molecule has 2 N–H and O–H groups in total. The first kappa shape index (κ1) is 21.4. The minimum absolute atomic E-state index is 0.170. The highest BCUT2D eigenvalue weighted by Crippen LogP contribution is 2.26. The molecule has 8 heteroatoms. The maximum Gasteiger partial charge on any atom is 0.296 e. The summed E-state index contributed by atoms with van der Waals surface area (Å²) in [5, 5.41) is 3.84. The minimum Gasteiger partial charge on any atom is -0.360 e. The number of amides is 1. The van der Waals surface area contributed by atoms with Gasteiger partial charge in [0, 0.05) is 40.4 Å². The van der Waals surface area contributed by atoms with Crippen LogP contribution >= 0.6 is 0 Å². The molecule has 1 amide bonds. The molecule has 0 saturated carbocycles. The average molecular weight is 470 g/mol. The zero-order valence-electron chi connectivity index (χ0n) is 17.8. The molecule has 2 aromatic heterocycles. The molecule has 0 radical (unpaired) electrons. The molecule has 0 aliphatic heterocycles. The van der Waals surface area contributed by atoms with Crippen LogP contribution in [0.5, 0.6) is 0 Å². The first-order chi connectivity index (χ1) is 16.5. The van der Waals surface area contributed by atoms with E-state index in [0.29, 0.717) is 21.9 Å². The van der Waals surface area contributed by atoms with E-state index in [1.807, 2.05) is 12.1 Å². The summed E-state index contributed by atoms with van der Waals surface area (Å²) in [6.07, 6.45) is 5.92. The van der Waals surface area contributed by atoms with Gasteiger partial charge < -0.3 is 10.3 Å². The van der Waals surface area contributed by atoms with Gasteiger partial charge in [-0.2, -0.15) is 0 Å². The molecule has 0 bridgehead atoms. The molecule has 5 aromatic rings. The van der Waals surface area contributed by atoms with Gasteiger partial charge in [-0.1, -0.05) is 54.6 Å². The van der Waals surface area contributed by atoms with Crippen LogP contribution in [0.25, 0.3) is 27.9 Å². The summed E-state index contributed by atoms with van der Waals surface area (Å²) in [6.45, 7) is 0. The summed E-state index contributed by atoms with van der Waals surface area (Å²) in [7, 11) is -3.81. The third kappa shape index (κ3) is 3.70. The lowest BCUT2D eigenvalue weighted by atomic mass is 10.1. The summed E-state index contributed by atoms with van der Waals surface area (Å²) >= 11 is 0. The minimum atomic E-state index is -3.81. The molecule has 0 spiro atoms. The van der Waals surface area contributed by atoms with Crippen LogP contribution in [0.2, 0.25) is 0 Å². The molecule has 0 saturated heterocycles. The second-order valence-corrected chi connectivity index (χ2v) is 9.41. The smallest absolute Gasteiger partial charge is 0.296 e. The molecule has 0 aliphatic rings. The standard InChI is InChI=1S/C26H19N3O4S/c30-25(22-16-28-23-12-6-4-11-21(22)23)26(31)27-15-14-18-17-29(24-13-7-5-10-20(18)24)34(32,33)19-8-2-1-3-9-19/h1-17,28H,(H,27,31)/b15-14+. The molecule has 168 valence electrons. The van der Waals surface area contributed by atoms with Gasteiger partial charge >= 0.3 is 0 Å². The fourth-order valence-electron chi connectivity index (χ4n) is 3.87. The Morgan fingerprint density at radius 1 is 0.853 bits per heavy atom. The van der Waals surface area contributed by atoms with Crippen LogP contribution in [0.15, 0.2) is 102 Å². The summed E-state index contributed by atoms with van der Waals surface area (Å²) < 4.78 is 27.6. The van der Waals surface area contributed by atoms with Crippen molar-refractivity contribution in [2.45, 2.75) is 4.90 Å². The van der Waals surface area contributed by atoms with E-state index in [1.54, 1.807) is 60.7 Å². The lowest BCUT2D eigenvalue weighted by Crippen LogP contribution is -2.26. The fraction of sp³-hybridized carbons (Fsp3) is 0. The first-order valence-corrected chi connectivity index (χ1v) is 11.9. The number of hydrogen-bond donors (Lipinski definition) is 2. The molecule has 3 aromatic carbocycles. The second kappa shape index (κ2) is 8.49. The van der Waals surface area contributed by atoms with E-state index in [1.165, 1.54) is 34.7 Å². The summed E-state index contributed by atoms with van der Waals surface area (Å²) in [6, 6.07) is 22.5. The number of nitrogens with zero attached hydrogens (tertiary/aromatic N) is 1. The van der Waals surface area contributed by atoms with Crippen molar-refractivity contribution >= 4 is 49.6 Å². The van der Waals surface area contributed by atoms with E-state index >= 15 is 0 Å². The van der Waals surface area contributed by atoms with Gasteiger partial charge in [0.1, 0.15) is 0 Å². The number of aromatic amines is 1. The van der Waals surface area contributed by atoms with Crippen LogP contribution in [-0.4, -0.2) is 29.1 Å². The molecule has 0 fully saturated rings. The number of carbonyl (C=O) groups is 2. The molecule has 7 nitrogen and oxygen atoms in total. The van der Waals surface area contributed by atoms with Gasteiger partial charge in [-0.15, -0.1) is 0 Å². The SMILES string of the molecule is O=C(N/C=C/c1cn(S(=O)(=O)c2ccccc2)c2ccccc12)C(=O)c1c[nH]c2ccccc12. The topological polar surface area (TPSA) is 101 Å². The van der Waals surface area contributed by atoms with Crippen molar-refractivity contribution in [1.82, 2.24) is 14.3 Å². The maximum absolute atomic E-state index is 13.2. The van der Waals surface area contributed by atoms with Crippen molar-refractivity contribution < 1.29 is 18.0 Å². The third-order valence-corrected chi connectivity index (χ3v) is 7.21. The number of aromatic nitrogens is 2. The Kier molecular flexibility index (Phi) is 5.35. The molecular formula is C26H19N3O4S. The van der Waals surface area contributed by atoms with Gasteiger partial charge in [0.05, 0.1) is 16.0 Å². The third-order valence-electron chi connectivity index (χ3n) is 5.53. The Bertz CT molecular complexity index is 1680. The first-order valence-electron chi connectivity index (χ1n) is 10.5.